The number of ether oxygens (including phenoxy) is 3. The SMILES string of the molecule is COc1ccc(CC2(Cc3ccc4c(c3)OCO4)SCCCS2)cc1. The van der Waals surface area contributed by atoms with Crippen LogP contribution in [-0.4, -0.2) is 29.5 Å². The lowest BCUT2D eigenvalue weighted by Crippen LogP contribution is -2.30. The second-order valence-electron chi connectivity index (χ2n) is 6.35. The van der Waals surface area contributed by atoms with E-state index in [-0.39, 0.29) is 4.08 Å². The van der Waals surface area contributed by atoms with Gasteiger partial charge < -0.3 is 14.2 Å². The van der Waals surface area contributed by atoms with E-state index in [0.717, 1.165) is 30.1 Å². The number of fused-ring (bicyclic) bond motifs is 1. The van der Waals surface area contributed by atoms with Crippen molar-refractivity contribution < 1.29 is 14.2 Å². The highest BCUT2D eigenvalue weighted by Crippen LogP contribution is 2.47. The summed E-state index contributed by atoms with van der Waals surface area (Å²) in [5.74, 6) is 5.11. The lowest BCUT2D eigenvalue weighted by Gasteiger charge is -2.36. The van der Waals surface area contributed by atoms with Crippen LogP contribution in [0.15, 0.2) is 42.5 Å². The van der Waals surface area contributed by atoms with Crippen molar-refractivity contribution in [3.05, 3.63) is 53.6 Å². The molecular weight excluding hydrogens is 352 g/mol. The molecule has 2 aromatic carbocycles. The molecule has 0 aliphatic carbocycles. The van der Waals surface area contributed by atoms with Gasteiger partial charge in [-0.15, -0.1) is 23.5 Å². The third-order valence-corrected chi connectivity index (χ3v) is 7.88. The Hall–Kier alpha value is -1.46. The first kappa shape index (κ1) is 17.0. The summed E-state index contributed by atoms with van der Waals surface area (Å²) in [6.45, 7) is 0.333. The van der Waals surface area contributed by atoms with E-state index >= 15 is 0 Å². The van der Waals surface area contributed by atoms with Crippen LogP contribution >= 0.6 is 23.5 Å². The lowest BCUT2D eigenvalue weighted by molar-refractivity contribution is 0.174. The molecule has 2 heterocycles. The van der Waals surface area contributed by atoms with Crippen LogP contribution in [0.4, 0.5) is 0 Å². The first-order valence-electron chi connectivity index (χ1n) is 8.56. The van der Waals surface area contributed by atoms with Crippen molar-refractivity contribution >= 4 is 23.5 Å². The molecule has 2 aliphatic heterocycles. The highest BCUT2D eigenvalue weighted by atomic mass is 32.2. The fourth-order valence-electron chi connectivity index (χ4n) is 3.30. The highest BCUT2D eigenvalue weighted by molar-refractivity contribution is 8.18. The van der Waals surface area contributed by atoms with Crippen LogP contribution in [0.25, 0.3) is 0 Å². The van der Waals surface area contributed by atoms with Crippen LogP contribution in [0, 0.1) is 0 Å². The molecular formula is C20H22O3S2. The summed E-state index contributed by atoms with van der Waals surface area (Å²) in [7, 11) is 1.71. The van der Waals surface area contributed by atoms with Gasteiger partial charge in [0.25, 0.3) is 0 Å². The van der Waals surface area contributed by atoms with Gasteiger partial charge in [0.15, 0.2) is 11.5 Å². The van der Waals surface area contributed by atoms with Gasteiger partial charge in [-0.25, -0.2) is 0 Å². The average molecular weight is 375 g/mol. The van der Waals surface area contributed by atoms with Crippen LogP contribution in [-0.2, 0) is 12.8 Å². The minimum Gasteiger partial charge on any atom is -0.497 e. The molecule has 25 heavy (non-hydrogen) atoms. The zero-order valence-electron chi connectivity index (χ0n) is 14.3. The monoisotopic (exact) mass is 374 g/mol. The molecule has 0 radical (unpaired) electrons. The Morgan fingerprint density at radius 1 is 0.920 bits per heavy atom. The summed E-state index contributed by atoms with van der Waals surface area (Å²) >= 11 is 4.21. The quantitative estimate of drug-likeness (QED) is 0.751. The molecule has 4 rings (SSSR count). The van der Waals surface area contributed by atoms with Crippen molar-refractivity contribution in [3.8, 4) is 17.2 Å². The first-order valence-corrected chi connectivity index (χ1v) is 10.5. The van der Waals surface area contributed by atoms with Gasteiger partial charge in [0, 0.05) is 0 Å². The average Bonchev–Trinajstić information content (AvgIpc) is 3.11. The fourth-order valence-corrected chi connectivity index (χ4v) is 6.71. The Kier molecular flexibility index (Phi) is 5.04. The van der Waals surface area contributed by atoms with E-state index in [1.165, 1.54) is 29.1 Å². The van der Waals surface area contributed by atoms with Gasteiger partial charge in [-0.05, 0) is 66.2 Å². The summed E-state index contributed by atoms with van der Waals surface area (Å²) in [4.78, 5) is 0. The van der Waals surface area contributed by atoms with E-state index in [4.69, 9.17) is 14.2 Å². The van der Waals surface area contributed by atoms with Crippen LogP contribution in [0.1, 0.15) is 17.5 Å². The topological polar surface area (TPSA) is 27.7 Å². The molecule has 0 bridgehead atoms. The van der Waals surface area contributed by atoms with E-state index < -0.39 is 0 Å². The number of thioether (sulfide) groups is 2. The van der Waals surface area contributed by atoms with Crippen molar-refractivity contribution in [1.29, 1.82) is 0 Å². The van der Waals surface area contributed by atoms with Crippen LogP contribution < -0.4 is 14.2 Å². The number of benzene rings is 2. The second kappa shape index (κ2) is 7.42. The molecule has 0 unspecified atom stereocenters. The molecule has 5 heteroatoms. The molecule has 1 fully saturated rings. The second-order valence-corrected chi connectivity index (χ2v) is 9.57. The zero-order valence-corrected chi connectivity index (χ0v) is 16.0. The van der Waals surface area contributed by atoms with Crippen molar-refractivity contribution in [2.24, 2.45) is 0 Å². The number of methoxy groups -OCH3 is 1. The van der Waals surface area contributed by atoms with Gasteiger partial charge >= 0.3 is 0 Å². The Balaban J connectivity index is 1.56. The molecule has 132 valence electrons. The third-order valence-electron chi connectivity index (χ3n) is 4.56. The van der Waals surface area contributed by atoms with Gasteiger partial charge in [-0.1, -0.05) is 18.2 Å². The van der Waals surface area contributed by atoms with Gasteiger partial charge in [-0.3, -0.25) is 0 Å². The van der Waals surface area contributed by atoms with Gasteiger partial charge in [0.2, 0.25) is 6.79 Å². The van der Waals surface area contributed by atoms with Crippen LogP contribution in [0.5, 0.6) is 17.2 Å². The summed E-state index contributed by atoms with van der Waals surface area (Å²) in [5.41, 5.74) is 2.68. The number of hydrogen-bond acceptors (Lipinski definition) is 5. The molecule has 2 aliphatic rings. The molecule has 0 aromatic heterocycles. The standard InChI is InChI=1S/C20H22O3S2/c1-21-17-6-3-15(4-7-17)12-20(24-9-2-10-25-20)13-16-5-8-18-19(11-16)23-14-22-18/h3-8,11H,2,9-10,12-14H2,1H3. The van der Waals surface area contributed by atoms with Gasteiger partial charge in [0.05, 0.1) is 11.2 Å². The van der Waals surface area contributed by atoms with Crippen LogP contribution in [0.3, 0.4) is 0 Å². The predicted molar refractivity (Wildman–Crippen MR) is 105 cm³/mol. The Bertz CT molecular complexity index is 724. The maximum atomic E-state index is 5.56. The molecule has 2 aromatic rings. The summed E-state index contributed by atoms with van der Waals surface area (Å²) < 4.78 is 16.5. The van der Waals surface area contributed by atoms with E-state index in [1.807, 2.05) is 6.07 Å². The van der Waals surface area contributed by atoms with E-state index in [2.05, 4.69) is 59.9 Å². The third kappa shape index (κ3) is 3.87. The van der Waals surface area contributed by atoms with E-state index in [9.17, 15) is 0 Å². The molecule has 0 spiro atoms. The molecule has 1 saturated heterocycles. The molecule has 0 N–H and O–H groups in total. The highest BCUT2D eigenvalue weighted by Gasteiger charge is 2.34. The van der Waals surface area contributed by atoms with Crippen LogP contribution in [0.2, 0.25) is 0 Å². The predicted octanol–water partition coefficient (Wildman–Crippen LogP) is 4.78. The minimum absolute atomic E-state index is 0.181. The van der Waals surface area contributed by atoms with Crippen molar-refractivity contribution in [1.82, 2.24) is 0 Å². The Morgan fingerprint density at radius 2 is 1.60 bits per heavy atom. The summed E-state index contributed by atoms with van der Waals surface area (Å²) in [5, 5.41) is 0. The van der Waals surface area contributed by atoms with Crippen molar-refractivity contribution in [2.75, 3.05) is 25.4 Å². The normalized spacial score (nSPS) is 18.1. The molecule has 0 amide bonds. The van der Waals surface area contributed by atoms with Crippen molar-refractivity contribution in [2.45, 2.75) is 23.3 Å². The minimum atomic E-state index is 0.181. The molecule has 3 nitrogen and oxygen atoms in total. The summed E-state index contributed by atoms with van der Waals surface area (Å²) in [6, 6.07) is 14.9. The van der Waals surface area contributed by atoms with Crippen molar-refractivity contribution in [3.63, 3.8) is 0 Å². The van der Waals surface area contributed by atoms with Gasteiger partial charge in [0.1, 0.15) is 5.75 Å². The first-order chi connectivity index (χ1) is 12.3. The lowest BCUT2D eigenvalue weighted by atomic mass is 10.0. The number of hydrogen-bond donors (Lipinski definition) is 0. The smallest absolute Gasteiger partial charge is 0.231 e. The summed E-state index contributed by atoms with van der Waals surface area (Å²) in [6.07, 6.45) is 3.38. The van der Waals surface area contributed by atoms with E-state index in [0.29, 0.717) is 6.79 Å². The van der Waals surface area contributed by atoms with Gasteiger partial charge in [-0.2, -0.15) is 0 Å². The Labute approximate surface area is 157 Å². The molecule has 0 atom stereocenters. The molecule has 0 saturated carbocycles. The zero-order chi connectivity index (χ0) is 17.1. The fraction of sp³-hybridized carbons (Fsp3) is 0.400. The van der Waals surface area contributed by atoms with E-state index in [1.54, 1.807) is 7.11 Å². The number of rotatable bonds is 5. The maximum absolute atomic E-state index is 5.56. The Morgan fingerprint density at radius 3 is 2.36 bits per heavy atom. The maximum Gasteiger partial charge on any atom is 0.231 e. The largest absolute Gasteiger partial charge is 0.497 e.